The van der Waals surface area contributed by atoms with E-state index < -0.39 is 0 Å². The molecule has 0 aromatic carbocycles. The SMILES string of the molecule is C[C@@H]1CNCCN1c1ccc(N2CCC(=O)NC2=O)cn1. The van der Waals surface area contributed by atoms with E-state index in [9.17, 15) is 9.59 Å². The summed E-state index contributed by atoms with van der Waals surface area (Å²) in [6.45, 7) is 5.37. The van der Waals surface area contributed by atoms with E-state index in [0.717, 1.165) is 25.5 Å². The van der Waals surface area contributed by atoms with Crippen molar-refractivity contribution in [1.82, 2.24) is 15.6 Å². The maximum atomic E-state index is 11.8. The van der Waals surface area contributed by atoms with Crippen molar-refractivity contribution in [2.75, 3.05) is 36.0 Å². The molecule has 3 heterocycles. The summed E-state index contributed by atoms with van der Waals surface area (Å²) >= 11 is 0. The molecule has 2 fully saturated rings. The lowest BCUT2D eigenvalue weighted by Gasteiger charge is -2.35. The molecule has 0 unspecified atom stereocenters. The summed E-state index contributed by atoms with van der Waals surface area (Å²) in [4.78, 5) is 31.2. The Kier molecular flexibility index (Phi) is 3.74. The van der Waals surface area contributed by atoms with E-state index in [-0.39, 0.29) is 11.9 Å². The van der Waals surface area contributed by atoms with Crippen LogP contribution in [0.4, 0.5) is 16.3 Å². The van der Waals surface area contributed by atoms with Crippen molar-refractivity contribution in [2.45, 2.75) is 19.4 Å². The Morgan fingerprint density at radius 3 is 2.81 bits per heavy atom. The highest BCUT2D eigenvalue weighted by Crippen LogP contribution is 2.21. The zero-order chi connectivity index (χ0) is 14.8. The number of nitrogens with one attached hydrogen (secondary N) is 2. The number of piperazine rings is 1. The molecule has 21 heavy (non-hydrogen) atoms. The lowest BCUT2D eigenvalue weighted by Crippen LogP contribution is -2.50. The molecule has 1 aromatic rings. The normalized spacial score (nSPS) is 23.2. The second-order valence-electron chi connectivity index (χ2n) is 5.38. The van der Waals surface area contributed by atoms with Gasteiger partial charge >= 0.3 is 6.03 Å². The van der Waals surface area contributed by atoms with E-state index in [1.54, 1.807) is 11.1 Å². The smallest absolute Gasteiger partial charge is 0.328 e. The van der Waals surface area contributed by atoms with Gasteiger partial charge in [0.25, 0.3) is 0 Å². The number of hydrogen-bond acceptors (Lipinski definition) is 5. The van der Waals surface area contributed by atoms with Crippen molar-refractivity contribution in [3.05, 3.63) is 18.3 Å². The zero-order valence-electron chi connectivity index (χ0n) is 12.0. The van der Waals surface area contributed by atoms with Gasteiger partial charge in [0.1, 0.15) is 5.82 Å². The van der Waals surface area contributed by atoms with Crippen molar-refractivity contribution in [3.8, 4) is 0 Å². The fourth-order valence-corrected chi connectivity index (χ4v) is 2.70. The van der Waals surface area contributed by atoms with Crippen LogP contribution in [0.5, 0.6) is 0 Å². The van der Waals surface area contributed by atoms with Crippen molar-refractivity contribution in [1.29, 1.82) is 0 Å². The van der Waals surface area contributed by atoms with Crippen molar-refractivity contribution < 1.29 is 9.59 Å². The molecule has 7 nitrogen and oxygen atoms in total. The number of hydrogen-bond donors (Lipinski definition) is 2. The molecule has 2 aliphatic rings. The van der Waals surface area contributed by atoms with E-state index in [0.29, 0.717) is 24.7 Å². The van der Waals surface area contributed by atoms with Gasteiger partial charge in [-0.15, -0.1) is 0 Å². The number of urea groups is 1. The van der Waals surface area contributed by atoms with Crippen molar-refractivity contribution in [3.63, 3.8) is 0 Å². The monoisotopic (exact) mass is 289 g/mol. The summed E-state index contributed by atoms with van der Waals surface area (Å²) in [5.41, 5.74) is 0.714. The summed E-state index contributed by atoms with van der Waals surface area (Å²) < 4.78 is 0. The van der Waals surface area contributed by atoms with Crippen LogP contribution in [0.15, 0.2) is 18.3 Å². The highest BCUT2D eigenvalue weighted by atomic mass is 16.2. The number of nitrogens with zero attached hydrogens (tertiary/aromatic N) is 3. The molecular formula is C14H19N5O2. The molecule has 2 aliphatic heterocycles. The summed E-state index contributed by atoms with van der Waals surface area (Å²) in [5, 5.41) is 5.66. The predicted molar refractivity (Wildman–Crippen MR) is 79.4 cm³/mol. The van der Waals surface area contributed by atoms with E-state index in [1.807, 2.05) is 12.1 Å². The van der Waals surface area contributed by atoms with Crippen LogP contribution in [0.1, 0.15) is 13.3 Å². The fraction of sp³-hybridized carbons (Fsp3) is 0.500. The lowest BCUT2D eigenvalue weighted by molar-refractivity contribution is -0.120. The standard InChI is InChI=1S/C14H19N5O2/c1-10-8-15-5-7-18(10)12-3-2-11(9-16-12)19-6-4-13(20)17-14(19)21/h2-3,9-10,15H,4-8H2,1H3,(H,17,20,21)/t10-/m1/s1. The van der Waals surface area contributed by atoms with Crippen LogP contribution in [0, 0.1) is 0 Å². The minimum absolute atomic E-state index is 0.226. The Morgan fingerprint density at radius 2 is 2.14 bits per heavy atom. The predicted octanol–water partition coefficient (Wildman–Crippen LogP) is 0.326. The van der Waals surface area contributed by atoms with Crippen LogP contribution < -0.4 is 20.4 Å². The summed E-state index contributed by atoms with van der Waals surface area (Å²) in [7, 11) is 0. The van der Waals surface area contributed by atoms with Gasteiger partial charge in [-0.3, -0.25) is 15.0 Å². The minimum atomic E-state index is -0.378. The maximum Gasteiger partial charge on any atom is 0.328 e. The number of anilines is 2. The van der Waals surface area contributed by atoms with Crippen molar-refractivity contribution >= 4 is 23.4 Å². The molecule has 2 saturated heterocycles. The molecule has 0 radical (unpaired) electrons. The number of carbonyl (C=O) groups excluding carboxylic acids is 2. The van der Waals surface area contributed by atoms with Gasteiger partial charge in [0.05, 0.1) is 11.9 Å². The summed E-state index contributed by atoms with van der Waals surface area (Å²) in [6, 6.07) is 3.83. The van der Waals surface area contributed by atoms with Crippen LogP contribution in [0.2, 0.25) is 0 Å². The molecule has 3 rings (SSSR count). The first kappa shape index (κ1) is 13.8. The highest BCUT2D eigenvalue weighted by Gasteiger charge is 2.25. The Bertz CT molecular complexity index is 545. The number of imide groups is 1. The summed E-state index contributed by atoms with van der Waals surface area (Å²) in [5.74, 6) is 0.691. The molecule has 1 atom stereocenters. The molecule has 0 aliphatic carbocycles. The Hall–Kier alpha value is -2.15. The Morgan fingerprint density at radius 1 is 1.29 bits per heavy atom. The number of amides is 3. The Balaban J connectivity index is 1.74. The average molecular weight is 289 g/mol. The topological polar surface area (TPSA) is 77.6 Å². The fourth-order valence-electron chi connectivity index (χ4n) is 2.70. The second kappa shape index (κ2) is 5.69. The first-order valence-electron chi connectivity index (χ1n) is 7.20. The van der Waals surface area contributed by atoms with Gasteiger partial charge in [-0.2, -0.15) is 0 Å². The molecule has 112 valence electrons. The largest absolute Gasteiger partial charge is 0.351 e. The lowest BCUT2D eigenvalue weighted by atomic mass is 10.2. The first-order valence-corrected chi connectivity index (χ1v) is 7.20. The van der Waals surface area contributed by atoms with Crippen LogP contribution in [0.3, 0.4) is 0 Å². The van der Waals surface area contributed by atoms with Crippen molar-refractivity contribution in [2.24, 2.45) is 0 Å². The molecule has 0 bridgehead atoms. The van der Waals surface area contributed by atoms with Crippen LogP contribution in [-0.4, -0.2) is 49.1 Å². The van der Waals surface area contributed by atoms with Gasteiger partial charge in [-0.25, -0.2) is 9.78 Å². The molecule has 3 amide bonds. The third-order valence-corrected chi connectivity index (χ3v) is 3.89. The average Bonchev–Trinajstić information content (AvgIpc) is 2.48. The third-order valence-electron chi connectivity index (χ3n) is 3.89. The van der Waals surface area contributed by atoms with E-state index in [1.165, 1.54) is 0 Å². The highest BCUT2D eigenvalue weighted by molar-refractivity contribution is 6.05. The minimum Gasteiger partial charge on any atom is -0.351 e. The van der Waals surface area contributed by atoms with E-state index in [2.05, 4.69) is 27.4 Å². The summed E-state index contributed by atoms with van der Waals surface area (Å²) in [6.07, 6.45) is 2.02. The van der Waals surface area contributed by atoms with Gasteiger partial charge in [0.15, 0.2) is 0 Å². The van der Waals surface area contributed by atoms with Gasteiger partial charge in [-0.1, -0.05) is 0 Å². The molecule has 7 heteroatoms. The number of rotatable bonds is 2. The van der Waals surface area contributed by atoms with Gasteiger partial charge in [0.2, 0.25) is 5.91 Å². The Labute approximate surface area is 123 Å². The number of pyridine rings is 1. The third kappa shape index (κ3) is 2.82. The number of aromatic nitrogens is 1. The van der Waals surface area contributed by atoms with Crippen LogP contribution >= 0.6 is 0 Å². The van der Waals surface area contributed by atoms with Gasteiger partial charge in [0, 0.05) is 38.6 Å². The van der Waals surface area contributed by atoms with Gasteiger partial charge < -0.3 is 10.2 Å². The van der Waals surface area contributed by atoms with Crippen LogP contribution in [0.25, 0.3) is 0 Å². The quantitative estimate of drug-likeness (QED) is 0.820. The molecule has 0 spiro atoms. The molecule has 2 N–H and O–H groups in total. The zero-order valence-corrected chi connectivity index (χ0v) is 12.0. The molecule has 1 aromatic heterocycles. The first-order chi connectivity index (χ1) is 10.1. The molecular weight excluding hydrogens is 270 g/mol. The van der Waals surface area contributed by atoms with E-state index >= 15 is 0 Å². The number of carbonyl (C=O) groups is 2. The van der Waals surface area contributed by atoms with Crippen LogP contribution in [-0.2, 0) is 4.79 Å². The second-order valence-corrected chi connectivity index (χ2v) is 5.38. The van der Waals surface area contributed by atoms with E-state index in [4.69, 9.17) is 0 Å². The molecule has 0 saturated carbocycles. The maximum absolute atomic E-state index is 11.8. The van der Waals surface area contributed by atoms with Gasteiger partial charge in [-0.05, 0) is 19.1 Å².